The molecule has 0 bridgehead atoms. The number of halogens is 1. The largest absolute Gasteiger partial charge is 0.496 e. The van der Waals surface area contributed by atoms with E-state index in [1.165, 1.54) is 0 Å². The van der Waals surface area contributed by atoms with Crippen LogP contribution in [0.4, 0.5) is 10.5 Å². The predicted molar refractivity (Wildman–Crippen MR) is 65.5 cm³/mol. The number of ether oxygens (including phenoxy) is 1. The van der Waals surface area contributed by atoms with E-state index in [-0.39, 0.29) is 6.03 Å². The lowest BCUT2D eigenvalue weighted by Crippen LogP contribution is -2.30. The number of carbonyl (C=O) groups excluding carboxylic acids is 1. The Labute approximate surface area is 99.9 Å². The first kappa shape index (κ1) is 12.6. The van der Waals surface area contributed by atoms with Crippen molar-refractivity contribution >= 4 is 23.3 Å². The Morgan fingerprint density at radius 2 is 2.25 bits per heavy atom. The van der Waals surface area contributed by atoms with E-state index in [0.29, 0.717) is 12.4 Å². The molecule has 0 radical (unpaired) electrons. The zero-order valence-corrected chi connectivity index (χ0v) is 10.1. The van der Waals surface area contributed by atoms with Crippen LogP contribution in [0.15, 0.2) is 18.2 Å². The Bertz CT molecular complexity index is 369. The molecule has 0 aliphatic heterocycles. The molecule has 88 valence electrons. The van der Waals surface area contributed by atoms with Gasteiger partial charge in [0.15, 0.2) is 0 Å². The van der Waals surface area contributed by atoms with Crippen LogP contribution < -0.4 is 15.4 Å². The Hall–Kier alpha value is -1.42. The van der Waals surface area contributed by atoms with Gasteiger partial charge in [0.1, 0.15) is 5.75 Å². The molecule has 0 atom stereocenters. The maximum Gasteiger partial charge on any atom is 0.319 e. The Morgan fingerprint density at radius 3 is 2.81 bits per heavy atom. The van der Waals surface area contributed by atoms with Gasteiger partial charge in [0.05, 0.1) is 7.11 Å². The smallest absolute Gasteiger partial charge is 0.319 e. The summed E-state index contributed by atoms with van der Waals surface area (Å²) in [5.74, 6) is 1.20. The van der Waals surface area contributed by atoms with Gasteiger partial charge < -0.3 is 15.4 Å². The van der Waals surface area contributed by atoms with E-state index >= 15 is 0 Å². The summed E-state index contributed by atoms with van der Waals surface area (Å²) in [5, 5.41) is 5.32. The number of carbonyl (C=O) groups is 1. The number of anilines is 1. The molecule has 1 rings (SSSR count). The lowest BCUT2D eigenvalue weighted by atomic mass is 10.2. The fraction of sp³-hybridized carbons (Fsp3) is 0.364. The maximum absolute atomic E-state index is 11.3. The average molecular weight is 243 g/mol. The molecule has 2 N–H and O–H groups in total. The third kappa shape index (κ3) is 3.62. The first-order valence-electron chi connectivity index (χ1n) is 4.93. The van der Waals surface area contributed by atoms with Gasteiger partial charge in [-0.05, 0) is 30.7 Å². The first-order valence-corrected chi connectivity index (χ1v) is 5.46. The lowest BCUT2D eigenvalue weighted by Gasteiger charge is -2.09. The van der Waals surface area contributed by atoms with Gasteiger partial charge in [-0.15, -0.1) is 11.6 Å². The van der Waals surface area contributed by atoms with Crippen molar-refractivity contribution in [3.05, 3.63) is 23.8 Å². The van der Waals surface area contributed by atoms with Crippen molar-refractivity contribution in [2.45, 2.75) is 6.92 Å². The highest BCUT2D eigenvalue weighted by molar-refractivity contribution is 6.18. The van der Waals surface area contributed by atoms with Crippen LogP contribution in [0.5, 0.6) is 5.75 Å². The molecule has 0 aliphatic rings. The van der Waals surface area contributed by atoms with E-state index in [2.05, 4.69) is 10.6 Å². The minimum absolute atomic E-state index is 0.259. The molecule has 0 saturated heterocycles. The number of amides is 2. The molecule has 1 aromatic rings. The van der Waals surface area contributed by atoms with Crippen molar-refractivity contribution in [2.24, 2.45) is 0 Å². The van der Waals surface area contributed by atoms with Gasteiger partial charge in [-0.25, -0.2) is 4.79 Å². The molecule has 2 amide bonds. The number of hydrogen-bond acceptors (Lipinski definition) is 2. The summed E-state index contributed by atoms with van der Waals surface area (Å²) in [6.45, 7) is 2.36. The van der Waals surface area contributed by atoms with Crippen LogP contribution in [0.25, 0.3) is 0 Å². The molecular formula is C11H15ClN2O2. The quantitative estimate of drug-likeness (QED) is 0.797. The zero-order valence-electron chi connectivity index (χ0n) is 9.34. The predicted octanol–water partition coefficient (Wildman–Crippen LogP) is 2.36. The van der Waals surface area contributed by atoms with Crippen LogP contribution in [0.2, 0.25) is 0 Å². The van der Waals surface area contributed by atoms with Gasteiger partial charge >= 0.3 is 6.03 Å². The molecule has 0 unspecified atom stereocenters. The van der Waals surface area contributed by atoms with E-state index in [4.69, 9.17) is 16.3 Å². The number of alkyl halides is 1. The summed E-state index contributed by atoms with van der Waals surface area (Å²) in [6, 6.07) is 5.18. The minimum Gasteiger partial charge on any atom is -0.496 e. The van der Waals surface area contributed by atoms with Crippen LogP contribution in [0, 0.1) is 6.92 Å². The standard InChI is InChI=1S/C11H15ClN2O2/c1-8-7-9(3-4-10(8)16-2)14-11(15)13-6-5-12/h3-4,7H,5-6H2,1-2H3,(H2,13,14,15). The Balaban J connectivity index is 2.61. The van der Waals surface area contributed by atoms with Gasteiger partial charge in [0.25, 0.3) is 0 Å². The minimum atomic E-state index is -0.259. The van der Waals surface area contributed by atoms with Crippen LogP contribution in [0.1, 0.15) is 5.56 Å². The topological polar surface area (TPSA) is 50.4 Å². The summed E-state index contributed by atoms with van der Waals surface area (Å²) in [4.78, 5) is 11.3. The van der Waals surface area contributed by atoms with E-state index in [0.717, 1.165) is 17.0 Å². The second-order valence-corrected chi connectivity index (χ2v) is 3.63. The normalized spacial score (nSPS) is 9.69. The number of urea groups is 1. The number of rotatable bonds is 4. The Kier molecular flexibility index (Phi) is 4.92. The fourth-order valence-corrected chi connectivity index (χ4v) is 1.39. The molecule has 0 heterocycles. The number of benzene rings is 1. The van der Waals surface area contributed by atoms with E-state index in [1.54, 1.807) is 13.2 Å². The van der Waals surface area contributed by atoms with Crippen LogP contribution in [-0.4, -0.2) is 25.6 Å². The van der Waals surface area contributed by atoms with Gasteiger partial charge in [0.2, 0.25) is 0 Å². The summed E-state index contributed by atoms with van der Waals surface area (Å²) < 4.78 is 5.12. The molecule has 1 aromatic carbocycles. The highest BCUT2D eigenvalue weighted by Gasteiger charge is 2.03. The summed E-state index contributed by atoms with van der Waals surface area (Å²) >= 11 is 5.45. The lowest BCUT2D eigenvalue weighted by molar-refractivity contribution is 0.252. The highest BCUT2D eigenvalue weighted by atomic mass is 35.5. The van der Waals surface area contributed by atoms with Crippen molar-refractivity contribution in [2.75, 3.05) is 24.9 Å². The monoisotopic (exact) mass is 242 g/mol. The van der Waals surface area contributed by atoms with E-state index < -0.39 is 0 Å². The van der Waals surface area contributed by atoms with Crippen molar-refractivity contribution < 1.29 is 9.53 Å². The van der Waals surface area contributed by atoms with Crippen molar-refractivity contribution in [1.82, 2.24) is 5.32 Å². The molecular weight excluding hydrogens is 228 g/mol. The van der Waals surface area contributed by atoms with E-state index in [1.807, 2.05) is 19.1 Å². The van der Waals surface area contributed by atoms with Crippen molar-refractivity contribution in [3.63, 3.8) is 0 Å². The highest BCUT2D eigenvalue weighted by Crippen LogP contribution is 2.21. The number of methoxy groups -OCH3 is 1. The summed E-state index contributed by atoms with van der Waals surface area (Å²) in [7, 11) is 1.61. The van der Waals surface area contributed by atoms with Gasteiger partial charge in [0, 0.05) is 18.1 Å². The third-order valence-electron chi connectivity index (χ3n) is 2.03. The maximum atomic E-state index is 11.3. The van der Waals surface area contributed by atoms with Gasteiger partial charge in [-0.3, -0.25) is 0 Å². The summed E-state index contributed by atoms with van der Waals surface area (Å²) in [5.41, 5.74) is 1.70. The molecule has 16 heavy (non-hydrogen) atoms. The molecule has 0 fully saturated rings. The second kappa shape index (κ2) is 6.23. The van der Waals surface area contributed by atoms with E-state index in [9.17, 15) is 4.79 Å². The van der Waals surface area contributed by atoms with Crippen molar-refractivity contribution in [3.8, 4) is 5.75 Å². The summed E-state index contributed by atoms with van der Waals surface area (Å²) in [6.07, 6.45) is 0. The second-order valence-electron chi connectivity index (χ2n) is 3.25. The number of aryl methyl sites for hydroxylation is 1. The molecule has 0 spiro atoms. The molecule has 0 aromatic heterocycles. The molecule has 0 saturated carbocycles. The fourth-order valence-electron chi connectivity index (χ4n) is 1.29. The average Bonchev–Trinajstić information content (AvgIpc) is 2.26. The third-order valence-corrected chi connectivity index (χ3v) is 2.22. The number of hydrogen-bond donors (Lipinski definition) is 2. The molecule has 5 heteroatoms. The van der Waals surface area contributed by atoms with Crippen LogP contribution in [-0.2, 0) is 0 Å². The van der Waals surface area contributed by atoms with Gasteiger partial charge in [-0.1, -0.05) is 0 Å². The SMILES string of the molecule is COc1ccc(NC(=O)NCCCl)cc1C. The molecule has 4 nitrogen and oxygen atoms in total. The molecule has 0 aliphatic carbocycles. The Morgan fingerprint density at radius 1 is 1.50 bits per heavy atom. The first-order chi connectivity index (χ1) is 7.67. The van der Waals surface area contributed by atoms with Crippen molar-refractivity contribution in [1.29, 1.82) is 0 Å². The van der Waals surface area contributed by atoms with Crippen LogP contribution in [0.3, 0.4) is 0 Å². The van der Waals surface area contributed by atoms with Gasteiger partial charge in [-0.2, -0.15) is 0 Å². The zero-order chi connectivity index (χ0) is 12.0. The van der Waals surface area contributed by atoms with Crippen LogP contribution >= 0.6 is 11.6 Å². The number of nitrogens with one attached hydrogen (secondary N) is 2.